The van der Waals surface area contributed by atoms with Gasteiger partial charge in [0.1, 0.15) is 91.5 Å². The van der Waals surface area contributed by atoms with Gasteiger partial charge in [0, 0.05) is 24.5 Å². The summed E-state index contributed by atoms with van der Waals surface area (Å²) in [6.45, 7) is 1.06. The van der Waals surface area contributed by atoms with E-state index in [0.29, 0.717) is 38.8 Å². The second kappa shape index (κ2) is 22.8. The third kappa shape index (κ3) is 11.8. The second-order valence-electron chi connectivity index (χ2n) is 20.1. The number of alkyl halides is 10. The summed E-state index contributed by atoms with van der Waals surface area (Å²) >= 11 is 0. The summed E-state index contributed by atoms with van der Waals surface area (Å²) in [4.78, 5) is 50.6. The van der Waals surface area contributed by atoms with Crippen LogP contribution in [0.5, 0.6) is 11.5 Å². The first-order valence-electron chi connectivity index (χ1n) is 24.5. The molecule has 4 aliphatic heterocycles. The van der Waals surface area contributed by atoms with Crippen LogP contribution in [0.4, 0.5) is 52.7 Å². The maximum absolute atomic E-state index is 15.1. The molecule has 80 heavy (non-hydrogen) atoms. The van der Waals surface area contributed by atoms with Crippen molar-refractivity contribution >= 4 is 42.7 Å². The number of fused-ring (bicyclic) bond motifs is 2. The highest BCUT2D eigenvalue weighted by atomic mass is 32.2. The normalized spacial score (nSPS) is 26.6. The van der Waals surface area contributed by atoms with E-state index in [-0.39, 0.29) is 57.1 Å². The van der Waals surface area contributed by atoms with E-state index < -0.39 is 150 Å². The first-order valence-corrected chi connectivity index (χ1v) is 27.8. The molecule has 8 heterocycles. The highest BCUT2D eigenvalue weighted by molar-refractivity contribution is 7.96. The SMILES string of the molecule is Cc1cc(OCC(F)(F)C(F)F)cnc1C(=O)Cc1ccc(F)c([C@]2(CF)C[S@@]3(=O)=NCCC[C@@]3(C)C(N)=N2)n1.Cc1cc(OCC(F)(F)C(F)F)cnc1C(=O)Cc1ccc(F)c([C@]2(CF)C[S@]3(=O)=NCCC[C@]3(C)C(N)=N2)n1. The van der Waals surface area contributed by atoms with Gasteiger partial charge in [-0.25, -0.2) is 62.2 Å². The van der Waals surface area contributed by atoms with Gasteiger partial charge in [0.2, 0.25) is 0 Å². The van der Waals surface area contributed by atoms with Gasteiger partial charge in [0.25, 0.3) is 0 Å². The van der Waals surface area contributed by atoms with E-state index in [1.165, 1.54) is 38.1 Å². The number of aryl methyl sites for hydroxylation is 2. The quantitative estimate of drug-likeness (QED) is 0.0706. The summed E-state index contributed by atoms with van der Waals surface area (Å²) in [5.74, 6) is -13.3. The summed E-state index contributed by atoms with van der Waals surface area (Å²) in [6.07, 6.45) is -4.67. The Hall–Kier alpha value is -6.46. The van der Waals surface area contributed by atoms with Crippen LogP contribution in [0, 0.1) is 25.5 Å². The van der Waals surface area contributed by atoms with Gasteiger partial charge in [-0.2, -0.15) is 17.6 Å². The molecule has 0 bridgehead atoms. The van der Waals surface area contributed by atoms with E-state index in [1.807, 2.05) is 0 Å². The molecule has 0 saturated heterocycles. The molecule has 6 atom stereocenters. The monoisotopic (exact) mass is 1180 g/mol. The molecule has 0 saturated carbocycles. The molecule has 436 valence electrons. The molecular weight excluding hydrogens is 1130 g/mol. The molecule has 4 aliphatic rings. The van der Waals surface area contributed by atoms with Crippen molar-refractivity contribution in [3.05, 3.63) is 106 Å². The van der Waals surface area contributed by atoms with Gasteiger partial charge in [-0.1, -0.05) is 0 Å². The molecule has 0 radical (unpaired) electrons. The maximum Gasteiger partial charge on any atom is 0.340 e. The highest BCUT2D eigenvalue weighted by Crippen LogP contribution is 2.44. The molecule has 0 aromatic carbocycles. The van der Waals surface area contributed by atoms with Crippen molar-refractivity contribution in [3.8, 4) is 11.5 Å². The lowest BCUT2D eigenvalue weighted by Crippen LogP contribution is -2.59. The van der Waals surface area contributed by atoms with Gasteiger partial charge >= 0.3 is 24.7 Å². The topological polar surface area (TPSA) is 240 Å². The number of hydrogen-bond acceptors (Lipinski definition) is 16. The molecule has 8 rings (SSSR count). The summed E-state index contributed by atoms with van der Waals surface area (Å²) in [5, 5.41) is 0. The fraction of sp³-hybridized carbons (Fsp3) is 0.520. The van der Waals surface area contributed by atoms with Gasteiger partial charge in [-0.05, 0) is 101 Å². The number of carbonyl (C=O) groups excluding carboxylic acids is 2. The smallest absolute Gasteiger partial charge is 0.340 e. The van der Waals surface area contributed by atoms with Crippen LogP contribution in [0.1, 0.15) is 94.4 Å². The molecule has 0 spiro atoms. The largest absolute Gasteiger partial charge is 0.485 e. The average Bonchev–Trinajstić information content (AvgIpc) is 3.51. The number of ether oxygens (including phenoxy) is 2. The molecule has 0 unspecified atom stereocenters. The summed E-state index contributed by atoms with van der Waals surface area (Å²) in [6, 6.07) is 6.79. The Morgan fingerprint density at radius 1 is 0.650 bits per heavy atom. The summed E-state index contributed by atoms with van der Waals surface area (Å²) in [7, 11) is -6.26. The van der Waals surface area contributed by atoms with Crippen molar-refractivity contribution < 1.29 is 80.2 Å². The van der Waals surface area contributed by atoms with E-state index in [2.05, 4.69) is 38.6 Å². The number of Topliss-reactive ketones (excluding diaryl/α,β-unsaturated/α-hetero) is 2. The molecule has 30 heteroatoms. The Labute approximate surface area is 451 Å². The van der Waals surface area contributed by atoms with Crippen molar-refractivity contribution in [1.82, 2.24) is 19.9 Å². The average molecular weight is 1180 g/mol. The summed E-state index contributed by atoms with van der Waals surface area (Å²) < 4.78 is 205. The Morgan fingerprint density at radius 2 is 1.01 bits per heavy atom. The van der Waals surface area contributed by atoms with Gasteiger partial charge in [0.05, 0.1) is 56.2 Å². The lowest BCUT2D eigenvalue weighted by Gasteiger charge is -2.44. The molecule has 0 amide bonds. The fourth-order valence-electron chi connectivity index (χ4n) is 9.41. The van der Waals surface area contributed by atoms with Crippen molar-refractivity contribution in [2.45, 2.75) is 111 Å². The lowest BCUT2D eigenvalue weighted by molar-refractivity contribution is -0.148. The van der Waals surface area contributed by atoms with E-state index in [1.54, 1.807) is 13.8 Å². The van der Waals surface area contributed by atoms with Crippen molar-refractivity contribution in [3.63, 3.8) is 0 Å². The number of aliphatic imine (C=N–C) groups is 2. The van der Waals surface area contributed by atoms with Crippen molar-refractivity contribution in [2.75, 3.05) is 51.2 Å². The molecule has 4 aromatic heterocycles. The summed E-state index contributed by atoms with van der Waals surface area (Å²) in [5.41, 5.74) is 7.70. The van der Waals surface area contributed by atoms with Crippen LogP contribution in [0.3, 0.4) is 0 Å². The lowest BCUT2D eigenvalue weighted by atomic mass is 9.95. The number of pyridine rings is 4. The van der Waals surface area contributed by atoms with Crippen LogP contribution in [0.2, 0.25) is 0 Å². The minimum atomic E-state index is -4.37. The first-order chi connectivity index (χ1) is 37.3. The Kier molecular flexibility index (Phi) is 17.5. The zero-order valence-corrected chi connectivity index (χ0v) is 44.8. The molecule has 4 aromatic rings. The van der Waals surface area contributed by atoms with Gasteiger partial charge in [-0.15, -0.1) is 0 Å². The maximum atomic E-state index is 15.1. The number of carbonyl (C=O) groups is 2. The minimum Gasteiger partial charge on any atom is -0.485 e. The van der Waals surface area contributed by atoms with Gasteiger partial charge in [0.15, 0.2) is 24.8 Å². The number of amidine groups is 2. The Bertz CT molecular complexity index is 3180. The van der Waals surface area contributed by atoms with Crippen LogP contribution < -0.4 is 20.9 Å². The third-order valence-corrected chi connectivity index (χ3v) is 20.8. The van der Waals surface area contributed by atoms with Crippen LogP contribution in [0.15, 0.2) is 67.5 Å². The third-order valence-electron chi connectivity index (χ3n) is 14.2. The predicted octanol–water partition coefficient (Wildman–Crippen LogP) is 8.37. The second-order valence-corrected chi connectivity index (χ2v) is 25.6. The van der Waals surface area contributed by atoms with Gasteiger partial charge in [-0.3, -0.25) is 29.5 Å². The van der Waals surface area contributed by atoms with Crippen LogP contribution in [-0.4, -0.2) is 137 Å². The first kappa shape index (κ1) is 61.2. The number of hydrogen-bond donors (Lipinski definition) is 2. The highest BCUT2D eigenvalue weighted by Gasteiger charge is 2.56. The van der Waals surface area contributed by atoms with E-state index in [9.17, 15) is 61.9 Å². The van der Waals surface area contributed by atoms with E-state index in [4.69, 9.17) is 20.9 Å². The van der Waals surface area contributed by atoms with Crippen molar-refractivity contribution in [1.29, 1.82) is 0 Å². The number of ketones is 2. The molecule has 4 N–H and O–H groups in total. The number of halogens is 12. The van der Waals surface area contributed by atoms with Gasteiger partial charge < -0.3 is 20.9 Å². The molecule has 0 aliphatic carbocycles. The molecule has 0 fully saturated rings. The minimum absolute atomic E-state index is 0.0324. The predicted molar refractivity (Wildman–Crippen MR) is 270 cm³/mol. The zero-order chi connectivity index (χ0) is 59.0. The van der Waals surface area contributed by atoms with Crippen LogP contribution >= 0.6 is 0 Å². The Balaban J connectivity index is 0.000000231. The number of nitrogens with zero attached hydrogens (tertiary/aromatic N) is 8. The van der Waals surface area contributed by atoms with Crippen LogP contribution in [-0.2, 0) is 43.4 Å². The standard InChI is InChI=1S/2C25H27F6N5O3S/c2*1-14-8-16(39-12-25(30,31)21(28)29)10-33-19(14)18(37)9-15-4-5-17(27)20(35-15)24(11-26)13-40(38)23(2,22(32)36-24)6-3-7-34-40/h2*4-5,8,10,21H,3,6-7,9,11-13H2,1-2H3,(H2,32,36)/t23-,24+,40-;23-,24-,40-/m10/s1. The Morgan fingerprint density at radius 3 is 1.34 bits per heavy atom. The number of nitrogens with two attached hydrogens (primary N) is 2. The van der Waals surface area contributed by atoms with Crippen molar-refractivity contribution in [2.24, 2.45) is 30.2 Å². The zero-order valence-electron chi connectivity index (χ0n) is 43.2. The van der Waals surface area contributed by atoms with E-state index in [0.717, 1.165) is 24.5 Å². The van der Waals surface area contributed by atoms with E-state index >= 15 is 8.78 Å². The van der Waals surface area contributed by atoms with Crippen LogP contribution in [0.25, 0.3) is 0 Å². The molecular formula is C50H54F12N10O6S2. The number of aromatic nitrogens is 4. The number of rotatable bonds is 18. The fourth-order valence-corrected chi connectivity index (χ4v) is 15.2. The molecule has 16 nitrogen and oxygen atoms in total.